The summed E-state index contributed by atoms with van der Waals surface area (Å²) in [6, 6.07) is 80.4. The van der Waals surface area contributed by atoms with Gasteiger partial charge in [-0.25, -0.2) is 0 Å². The summed E-state index contributed by atoms with van der Waals surface area (Å²) < 4.78 is 6.70. The Bertz CT molecular complexity index is 4310. The molecule has 0 amide bonds. The van der Waals surface area contributed by atoms with Crippen LogP contribution in [0.5, 0.6) is 0 Å². The lowest BCUT2D eigenvalue weighted by Gasteiger charge is -2.13. The molecule has 10 aromatic carbocycles. The third-order valence-corrected chi connectivity index (χ3v) is 13.7. The molecule has 0 saturated heterocycles. The van der Waals surface area contributed by atoms with E-state index in [-0.39, 0.29) is 5.56 Å². The Morgan fingerprint density at radius 3 is 1.34 bits per heavy atom. The van der Waals surface area contributed by atoms with Crippen molar-refractivity contribution in [3.8, 4) is 44.8 Å². The van der Waals surface area contributed by atoms with Crippen molar-refractivity contribution >= 4 is 81.6 Å². The molecule has 0 aliphatic carbocycles. The average molecular weight is 828 g/mol. The van der Waals surface area contributed by atoms with Crippen molar-refractivity contribution in [2.45, 2.75) is 0 Å². The van der Waals surface area contributed by atoms with E-state index in [1.165, 1.54) is 43.7 Å². The van der Waals surface area contributed by atoms with Crippen LogP contribution in [-0.2, 0) is 0 Å². The Morgan fingerprint density at radius 1 is 0.246 bits per heavy atom. The molecule has 14 aromatic rings. The molecule has 0 N–H and O–H groups in total. The number of benzene rings is 10. The lowest BCUT2D eigenvalue weighted by atomic mass is 9.95. The van der Waals surface area contributed by atoms with Crippen LogP contribution in [0.3, 0.4) is 0 Å². The van der Waals surface area contributed by atoms with Crippen LogP contribution in [0.15, 0.2) is 229 Å². The Hall–Kier alpha value is -8.73. The van der Waals surface area contributed by atoms with Crippen LogP contribution in [0, 0.1) is 0 Å². The van der Waals surface area contributed by atoms with Crippen LogP contribution < -0.4 is 5.56 Å². The lowest BCUT2D eigenvalue weighted by molar-refractivity contribution is 1.18. The topological polar surface area (TPSA) is 31.3 Å². The number of para-hydroxylation sites is 4. The van der Waals surface area contributed by atoms with E-state index in [4.69, 9.17) is 0 Å². The van der Waals surface area contributed by atoms with Crippen molar-refractivity contribution in [1.82, 2.24) is 13.5 Å². The number of nitrogens with zero attached hydrogens (tertiary/aromatic N) is 3. The summed E-state index contributed by atoms with van der Waals surface area (Å²) in [6.45, 7) is 0. The summed E-state index contributed by atoms with van der Waals surface area (Å²) in [5.41, 5.74) is 15.7. The van der Waals surface area contributed by atoms with E-state index in [1.54, 1.807) is 0 Å². The van der Waals surface area contributed by atoms with Gasteiger partial charge in [0.25, 0.3) is 5.56 Å². The minimum Gasteiger partial charge on any atom is -0.309 e. The fourth-order valence-corrected chi connectivity index (χ4v) is 10.8. The Kier molecular flexibility index (Phi) is 7.51. The van der Waals surface area contributed by atoms with Gasteiger partial charge in [-0.3, -0.25) is 9.20 Å². The van der Waals surface area contributed by atoms with Gasteiger partial charge in [0, 0.05) is 54.5 Å². The van der Waals surface area contributed by atoms with Crippen LogP contribution in [0.1, 0.15) is 0 Å². The smallest absolute Gasteiger partial charge is 0.263 e. The van der Waals surface area contributed by atoms with Gasteiger partial charge in [-0.05, 0) is 130 Å². The maximum absolute atomic E-state index is 14.4. The molecule has 0 fully saturated rings. The Morgan fingerprint density at radius 2 is 0.677 bits per heavy atom. The second kappa shape index (κ2) is 13.6. The van der Waals surface area contributed by atoms with Crippen LogP contribution in [0.25, 0.3) is 126 Å². The third-order valence-electron chi connectivity index (χ3n) is 13.7. The van der Waals surface area contributed by atoms with Crippen molar-refractivity contribution in [3.63, 3.8) is 0 Å². The maximum atomic E-state index is 14.4. The molecule has 0 unspecified atom stereocenters. The van der Waals surface area contributed by atoms with Crippen LogP contribution >= 0.6 is 0 Å². The number of hydrogen-bond acceptors (Lipinski definition) is 1. The molecule has 0 saturated carbocycles. The minimum absolute atomic E-state index is 0.0128. The van der Waals surface area contributed by atoms with Gasteiger partial charge >= 0.3 is 0 Å². The molecule has 0 radical (unpaired) electrons. The maximum Gasteiger partial charge on any atom is 0.263 e. The Balaban J connectivity index is 0.941. The fraction of sp³-hybridized carbons (Fsp3) is 0. The molecular formula is C61H37N3O. The molecular weight excluding hydrogens is 791 g/mol. The molecule has 4 heteroatoms. The highest BCUT2D eigenvalue weighted by molar-refractivity contribution is 6.22. The van der Waals surface area contributed by atoms with Crippen molar-refractivity contribution in [1.29, 1.82) is 0 Å². The SMILES string of the molecule is O=c1c2ccc(-c3ccccc3)cc2c2cc(-c3cccc(-n4c5ccccc5c5cc(-c6ccc7c(c6)c6ccccc6n7-c6ccccc6)ccc54)c3)cc3c4ccccc4n1c23. The largest absolute Gasteiger partial charge is 0.309 e. The summed E-state index contributed by atoms with van der Waals surface area (Å²) in [5.74, 6) is 0. The Labute approximate surface area is 373 Å². The standard InChI is InChI=1S/C61H37N3O/c65-61-49-29-26-40(38-14-3-1-4-15-38)33-50(49)54-37-43(36-53-48-22-9-12-25-57(48)64(61)60(53)54)39-16-13-19-45(32-39)63-56-24-11-8-21-47(56)52-35-42(28-31-59(52)63)41-27-30-58-51(34-41)46-20-7-10-23-55(46)62(58)44-17-5-2-6-18-44/h1-37H. The zero-order chi connectivity index (χ0) is 42.8. The quantitative estimate of drug-likeness (QED) is 0.159. The molecule has 0 spiro atoms. The predicted molar refractivity (Wildman–Crippen MR) is 272 cm³/mol. The van der Waals surface area contributed by atoms with E-state index < -0.39 is 0 Å². The van der Waals surface area contributed by atoms with Gasteiger partial charge in [0.05, 0.1) is 33.1 Å². The number of hydrogen-bond donors (Lipinski definition) is 0. The van der Waals surface area contributed by atoms with E-state index in [0.29, 0.717) is 5.39 Å². The molecule has 14 rings (SSSR count). The molecule has 302 valence electrons. The van der Waals surface area contributed by atoms with Gasteiger partial charge < -0.3 is 9.13 Å². The van der Waals surface area contributed by atoms with Crippen LogP contribution in [-0.4, -0.2) is 13.5 Å². The van der Waals surface area contributed by atoms with Gasteiger partial charge in [0.1, 0.15) is 0 Å². The van der Waals surface area contributed by atoms with E-state index in [0.717, 1.165) is 77.2 Å². The predicted octanol–water partition coefficient (Wildman–Crippen LogP) is 15.4. The van der Waals surface area contributed by atoms with Crippen LogP contribution in [0.2, 0.25) is 0 Å². The molecule has 4 aromatic heterocycles. The fourth-order valence-electron chi connectivity index (χ4n) is 10.8. The summed E-state index contributed by atoms with van der Waals surface area (Å²) in [4.78, 5) is 14.4. The second-order valence-corrected chi connectivity index (χ2v) is 17.3. The van der Waals surface area contributed by atoms with Gasteiger partial charge in [0.15, 0.2) is 0 Å². The van der Waals surface area contributed by atoms with Crippen molar-refractivity contribution < 1.29 is 0 Å². The van der Waals surface area contributed by atoms with E-state index >= 15 is 0 Å². The number of pyridine rings is 1. The highest BCUT2D eigenvalue weighted by Crippen LogP contribution is 2.42. The first-order chi connectivity index (χ1) is 32.2. The zero-order valence-corrected chi connectivity index (χ0v) is 35.1. The minimum atomic E-state index is 0.0128. The number of fused-ring (bicyclic) bond motifs is 11. The average Bonchev–Trinajstić information content (AvgIpc) is 4.01. The van der Waals surface area contributed by atoms with Crippen molar-refractivity contribution in [2.75, 3.05) is 0 Å². The summed E-state index contributed by atoms with van der Waals surface area (Å²) in [6.07, 6.45) is 0. The van der Waals surface area contributed by atoms with E-state index in [2.05, 4.69) is 215 Å². The molecule has 0 bridgehead atoms. The van der Waals surface area contributed by atoms with E-state index in [9.17, 15) is 4.79 Å². The van der Waals surface area contributed by atoms with Crippen molar-refractivity contribution in [3.05, 3.63) is 235 Å². The number of aromatic nitrogens is 3. The normalized spacial score (nSPS) is 12.1. The van der Waals surface area contributed by atoms with E-state index in [1.807, 2.05) is 22.6 Å². The van der Waals surface area contributed by atoms with Gasteiger partial charge in [0.2, 0.25) is 0 Å². The molecule has 4 heterocycles. The van der Waals surface area contributed by atoms with Crippen LogP contribution in [0.4, 0.5) is 0 Å². The molecule has 0 atom stereocenters. The highest BCUT2D eigenvalue weighted by Gasteiger charge is 2.21. The highest BCUT2D eigenvalue weighted by atomic mass is 16.1. The number of rotatable bonds is 5. The first kappa shape index (κ1) is 35.8. The molecule has 65 heavy (non-hydrogen) atoms. The summed E-state index contributed by atoms with van der Waals surface area (Å²) in [5, 5.41) is 9.82. The third kappa shape index (κ3) is 5.22. The second-order valence-electron chi connectivity index (χ2n) is 17.3. The molecule has 0 aliphatic rings. The van der Waals surface area contributed by atoms with Gasteiger partial charge in [-0.15, -0.1) is 0 Å². The summed E-state index contributed by atoms with van der Waals surface area (Å²) in [7, 11) is 0. The molecule has 0 aliphatic heterocycles. The zero-order valence-electron chi connectivity index (χ0n) is 35.1. The first-order valence-electron chi connectivity index (χ1n) is 22.2. The van der Waals surface area contributed by atoms with Crippen molar-refractivity contribution in [2.24, 2.45) is 0 Å². The lowest BCUT2D eigenvalue weighted by Crippen LogP contribution is -2.12. The first-order valence-corrected chi connectivity index (χ1v) is 22.2. The molecule has 4 nitrogen and oxygen atoms in total. The summed E-state index contributed by atoms with van der Waals surface area (Å²) >= 11 is 0. The van der Waals surface area contributed by atoms with Gasteiger partial charge in [-0.2, -0.15) is 0 Å². The monoisotopic (exact) mass is 827 g/mol. The van der Waals surface area contributed by atoms with Gasteiger partial charge in [-0.1, -0.05) is 133 Å².